The Morgan fingerprint density at radius 2 is 1.52 bits per heavy atom. The number of aromatic nitrogens is 1. The third-order valence-electron chi connectivity index (χ3n) is 2.98. The maximum atomic E-state index is 12.7. The van der Waals surface area contributed by atoms with Crippen molar-refractivity contribution in [1.82, 2.24) is 4.98 Å². The maximum Gasteiger partial charge on any atom is 0.433 e. The van der Waals surface area contributed by atoms with Gasteiger partial charge in [0.25, 0.3) is 0 Å². The van der Waals surface area contributed by atoms with Gasteiger partial charge in [-0.25, -0.2) is 4.98 Å². The van der Waals surface area contributed by atoms with E-state index in [4.69, 9.17) is 0 Å². The molecule has 3 aromatic rings. The summed E-state index contributed by atoms with van der Waals surface area (Å²) in [6.45, 7) is 0. The molecule has 0 saturated heterocycles. The van der Waals surface area contributed by atoms with E-state index in [0.29, 0.717) is 5.03 Å². The van der Waals surface area contributed by atoms with E-state index in [1.54, 1.807) is 6.07 Å². The second-order valence-corrected chi connectivity index (χ2v) is 5.50. The molecule has 3 rings (SSSR count). The van der Waals surface area contributed by atoms with Crippen molar-refractivity contribution < 1.29 is 13.2 Å². The Morgan fingerprint density at radius 1 is 0.810 bits per heavy atom. The second kappa shape index (κ2) is 5.41. The molecule has 0 aliphatic carbocycles. The predicted molar refractivity (Wildman–Crippen MR) is 77.3 cm³/mol. The fourth-order valence-electron chi connectivity index (χ4n) is 2.03. The molecule has 5 heteroatoms. The summed E-state index contributed by atoms with van der Waals surface area (Å²) in [5.74, 6) is 0. The Bertz CT molecular complexity index is 778. The summed E-state index contributed by atoms with van der Waals surface area (Å²) >= 11 is 1.24. The van der Waals surface area contributed by atoms with E-state index in [2.05, 4.69) is 4.98 Å². The third-order valence-corrected chi connectivity index (χ3v) is 3.99. The van der Waals surface area contributed by atoms with Crippen LogP contribution in [0.4, 0.5) is 13.2 Å². The van der Waals surface area contributed by atoms with Gasteiger partial charge in [-0.15, -0.1) is 0 Å². The quantitative estimate of drug-likeness (QED) is 0.628. The van der Waals surface area contributed by atoms with Crippen molar-refractivity contribution >= 4 is 22.5 Å². The molecule has 21 heavy (non-hydrogen) atoms. The van der Waals surface area contributed by atoms with E-state index in [-0.39, 0.29) is 0 Å². The van der Waals surface area contributed by atoms with Crippen LogP contribution >= 0.6 is 11.8 Å². The van der Waals surface area contributed by atoms with Crippen LogP contribution in [0.5, 0.6) is 0 Å². The zero-order chi connectivity index (χ0) is 14.9. The zero-order valence-corrected chi connectivity index (χ0v) is 11.6. The maximum absolute atomic E-state index is 12.7. The number of hydrogen-bond acceptors (Lipinski definition) is 2. The van der Waals surface area contributed by atoms with Crippen LogP contribution in [0, 0.1) is 0 Å². The number of hydrogen-bond donors (Lipinski definition) is 0. The van der Waals surface area contributed by atoms with Crippen LogP contribution in [-0.2, 0) is 6.18 Å². The molecule has 0 N–H and O–H groups in total. The molecule has 1 aromatic heterocycles. The highest BCUT2D eigenvalue weighted by Gasteiger charge is 2.32. The number of halogens is 3. The minimum atomic E-state index is -4.42. The monoisotopic (exact) mass is 305 g/mol. The molecule has 0 radical (unpaired) electrons. The molecule has 0 aliphatic heterocycles. The Balaban J connectivity index is 1.99. The summed E-state index contributed by atoms with van der Waals surface area (Å²) in [6.07, 6.45) is -4.42. The van der Waals surface area contributed by atoms with Crippen molar-refractivity contribution in [1.29, 1.82) is 0 Å². The first-order valence-electron chi connectivity index (χ1n) is 6.24. The highest BCUT2D eigenvalue weighted by molar-refractivity contribution is 7.99. The third kappa shape index (κ3) is 3.03. The van der Waals surface area contributed by atoms with Crippen molar-refractivity contribution in [3.8, 4) is 0 Å². The number of rotatable bonds is 2. The summed E-state index contributed by atoms with van der Waals surface area (Å²) in [5.41, 5.74) is -0.868. The van der Waals surface area contributed by atoms with Crippen LogP contribution in [0.25, 0.3) is 10.8 Å². The Labute approximate surface area is 123 Å². The molecule has 0 saturated carbocycles. The van der Waals surface area contributed by atoms with Gasteiger partial charge in [0, 0.05) is 4.90 Å². The van der Waals surface area contributed by atoms with E-state index >= 15 is 0 Å². The molecule has 0 spiro atoms. The van der Waals surface area contributed by atoms with Gasteiger partial charge in [0.1, 0.15) is 10.7 Å². The number of benzene rings is 2. The predicted octanol–water partition coefficient (Wildman–Crippen LogP) is 5.40. The van der Waals surface area contributed by atoms with E-state index in [9.17, 15) is 13.2 Å². The van der Waals surface area contributed by atoms with Crippen LogP contribution < -0.4 is 0 Å². The largest absolute Gasteiger partial charge is 0.433 e. The van der Waals surface area contributed by atoms with Gasteiger partial charge < -0.3 is 0 Å². The van der Waals surface area contributed by atoms with Crippen LogP contribution in [0.2, 0.25) is 0 Å². The second-order valence-electron chi connectivity index (χ2n) is 4.44. The molecule has 106 valence electrons. The van der Waals surface area contributed by atoms with Gasteiger partial charge in [-0.1, -0.05) is 54.2 Å². The Kier molecular flexibility index (Phi) is 3.59. The molecule has 1 nitrogen and oxygen atoms in total. The lowest BCUT2D eigenvalue weighted by molar-refractivity contribution is -0.141. The highest BCUT2D eigenvalue weighted by Crippen LogP contribution is 2.34. The molecule has 0 aliphatic rings. The fraction of sp³-hybridized carbons (Fsp3) is 0.0625. The van der Waals surface area contributed by atoms with Gasteiger partial charge in [-0.3, -0.25) is 0 Å². The Morgan fingerprint density at radius 3 is 2.33 bits per heavy atom. The number of fused-ring (bicyclic) bond motifs is 1. The normalized spacial score (nSPS) is 11.8. The van der Waals surface area contributed by atoms with Crippen LogP contribution in [0.3, 0.4) is 0 Å². The van der Waals surface area contributed by atoms with Crippen LogP contribution in [-0.4, -0.2) is 4.98 Å². The number of nitrogens with zero attached hydrogens (tertiary/aromatic N) is 1. The molecule has 0 amide bonds. The van der Waals surface area contributed by atoms with Gasteiger partial charge >= 0.3 is 6.18 Å². The van der Waals surface area contributed by atoms with Gasteiger partial charge in [-0.05, 0) is 29.0 Å². The standard InChI is InChI=1S/C16H10F3NS/c17-16(18,19)14-9-4-10-15(20-14)21-13-8-3-6-11-5-1-2-7-12(11)13/h1-10H. The van der Waals surface area contributed by atoms with Gasteiger partial charge in [0.05, 0.1) is 0 Å². The number of alkyl halides is 3. The highest BCUT2D eigenvalue weighted by atomic mass is 32.2. The number of pyridine rings is 1. The summed E-state index contributed by atoms with van der Waals surface area (Å²) in [7, 11) is 0. The minimum absolute atomic E-state index is 0.334. The SMILES string of the molecule is FC(F)(F)c1cccc(Sc2cccc3ccccc23)n1. The van der Waals surface area contributed by atoms with E-state index in [0.717, 1.165) is 21.7 Å². The van der Waals surface area contributed by atoms with E-state index in [1.807, 2.05) is 42.5 Å². The van der Waals surface area contributed by atoms with Crippen LogP contribution in [0.1, 0.15) is 5.69 Å². The first kappa shape index (κ1) is 13.9. The molecule has 0 fully saturated rings. The van der Waals surface area contributed by atoms with Gasteiger partial charge in [-0.2, -0.15) is 13.2 Å². The molecule has 1 heterocycles. The summed E-state index contributed by atoms with van der Waals surface area (Å²) < 4.78 is 38.1. The van der Waals surface area contributed by atoms with Crippen molar-refractivity contribution in [3.63, 3.8) is 0 Å². The first-order chi connectivity index (χ1) is 10.0. The average molecular weight is 305 g/mol. The lowest BCUT2D eigenvalue weighted by Crippen LogP contribution is -2.07. The first-order valence-corrected chi connectivity index (χ1v) is 7.05. The van der Waals surface area contributed by atoms with Gasteiger partial charge in [0.2, 0.25) is 0 Å². The summed E-state index contributed by atoms with van der Waals surface area (Å²) in [5, 5.41) is 2.39. The lowest BCUT2D eigenvalue weighted by atomic mass is 10.1. The Hall–Kier alpha value is -2.01. The smallest absolute Gasteiger partial charge is 0.237 e. The van der Waals surface area contributed by atoms with Crippen LogP contribution in [0.15, 0.2) is 70.6 Å². The van der Waals surface area contributed by atoms with Crippen molar-refractivity contribution in [2.45, 2.75) is 16.1 Å². The zero-order valence-electron chi connectivity index (χ0n) is 10.8. The molecule has 2 aromatic carbocycles. The van der Waals surface area contributed by atoms with Crippen molar-refractivity contribution in [2.24, 2.45) is 0 Å². The molecular weight excluding hydrogens is 295 g/mol. The molecular formula is C16H10F3NS. The summed E-state index contributed by atoms with van der Waals surface area (Å²) in [6, 6.07) is 17.4. The molecule has 0 unspecified atom stereocenters. The molecule has 0 bridgehead atoms. The summed E-state index contributed by atoms with van der Waals surface area (Å²) in [4.78, 5) is 4.57. The minimum Gasteiger partial charge on any atom is -0.237 e. The van der Waals surface area contributed by atoms with Crippen molar-refractivity contribution in [3.05, 3.63) is 66.4 Å². The van der Waals surface area contributed by atoms with E-state index < -0.39 is 11.9 Å². The van der Waals surface area contributed by atoms with E-state index in [1.165, 1.54) is 17.8 Å². The van der Waals surface area contributed by atoms with Gasteiger partial charge in [0.15, 0.2) is 0 Å². The fourth-order valence-corrected chi connectivity index (χ4v) is 2.99. The topological polar surface area (TPSA) is 12.9 Å². The average Bonchev–Trinajstić information content (AvgIpc) is 2.47. The lowest BCUT2D eigenvalue weighted by Gasteiger charge is -2.09. The molecule has 0 atom stereocenters. The van der Waals surface area contributed by atoms with Crippen molar-refractivity contribution in [2.75, 3.05) is 0 Å².